The van der Waals surface area contributed by atoms with Crippen molar-refractivity contribution in [3.8, 4) is 0 Å². The van der Waals surface area contributed by atoms with E-state index in [1.54, 1.807) is 19.3 Å². The molecule has 0 spiro atoms. The van der Waals surface area contributed by atoms with E-state index in [0.717, 1.165) is 50.2 Å². The summed E-state index contributed by atoms with van der Waals surface area (Å²) < 4.78 is 0. The Morgan fingerprint density at radius 3 is 2.69 bits per heavy atom. The van der Waals surface area contributed by atoms with E-state index in [9.17, 15) is 4.79 Å². The first kappa shape index (κ1) is 18.5. The van der Waals surface area contributed by atoms with Crippen molar-refractivity contribution in [2.24, 2.45) is 0 Å². The number of nitrogens with zero attached hydrogens (tertiary/aromatic N) is 5. The second kappa shape index (κ2) is 8.85. The highest BCUT2D eigenvalue weighted by Gasteiger charge is 2.25. The van der Waals surface area contributed by atoms with Crippen molar-refractivity contribution < 1.29 is 4.79 Å². The molecule has 138 valence electrons. The average molecular weight is 353 g/mol. The fourth-order valence-electron chi connectivity index (χ4n) is 3.53. The second-order valence-corrected chi connectivity index (χ2v) is 7.08. The molecule has 6 heteroatoms. The van der Waals surface area contributed by atoms with Crippen molar-refractivity contribution >= 4 is 5.91 Å². The summed E-state index contributed by atoms with van der Waals surface area (Å²) in [6.45, 7) is 7.20. The van der Waals surface area contributed by atoms with Crippen molar-refractivity contribution in [1.29, 1.82) is 0 Å². The molecule has 1 amide bonds. The van der Waals surface area contributed by atoms with E-state index in [1.165, 1.54) is 11.9 Å². The molecule has 1 aliphatic heterocycles. The van der Waals surface area contributed by atoms with Gasteiger partial charge >= 0.3 is 0 Å². The number of amides is 1. The molecule has 0 N–H and O–H groups in total. The quantitative estimate of drug-likeness (QED) is 0.827. The Balaban J connectivity index is 1.60. The molecule has 3 heterocycles. The molecule has 1 saturated heterocycles. The van der Waals surface area contributed by atoms with Crippen molar-refractivity contribution in [2.75, 3.05) is 13.1 Å². The molecule has 1 atom stereocenters. The lowest BCUT2D eigenvalue weighted by molar-refractivity contribution is -0.132. The predicted molar refractivity (Wildman–Crippen MR) is 100 cm³/mol. The standard InChI is InChI=1S/C20H27N5O/c1-16-5-6-19(23-10-16)14-24-8-3-4-20(7-9-24)25(17(2)26)13-18-11-21-15-22-12-18/h5-6,10-12,15,20H,3-4,7-9,13-14H2,1-2H3/t20-/m0/s1. The minimum Gasteiger partial charge on any atom is -0.335 e. The van der Waals surface area contributed by atoms with E-state index in [0.29, 0.717) is 6.54 Å². The smallest absolute Gasteiger partial charge is 0.219 e. The van der Waals surface area contributed by atoms with E-state index < -0.39 is 0 Å². The minimum atomic E-state index is 0.118. The van der Waals surface area contributed by atoms with Crippen LogP contribution in [0.3, 0.4) is 0 Å². The van der Waals surface area contributed by atoms with Gasteiger partial charge in [0.15, 0.2) is 0 Å². The minimum absolute atomic E-state index is 0.118. The topological polar surface area (TPSA) is 62.2 Å². The van der Waals surface area contributed by atoms with E-state index in [1.807, 2.05) is 11.1 Å². The first-order chi connectivity index (χ1) is 12.6. The maximum absolute atomic E-state index is 12.2. The highest BCUT2D eigenvalue weighted by Crippen LogP contribution is 2.20. The van der Waals surface area contributed by atoms with Gasteiger partial charge in [-0.2, -0.15) is 0 Å². The van der Waals surface area contributed by atoms with Gasteiger partial charge in [0.05, 0.1) is 5.69 Å². The van der Waals surface area contributed by atoms with Gasteiger partial charge in [-0.05, 0) is 44.4 Å². The summed E-state index contributed by atoms with van der Waals surface area (Å²) in [5.74, 6) is 0.118. The molecule has 2 aromatic rings. The zero-order chi connectivity index (χ0) is 18.4. The molecule has 0 radical (unpaired) electrons. The summed E-state index contributed by atoms with van der Waals surface area (Å²) in [6, 6.07) is 4.49. The molecule has 3 rings (SSSR count). The Kier molecular flexibility index (Phi) is 6.28. The van der Waals surface area contributed by atoms with Crippen LogP contribution in [-0.2, 0) is 17.9 Å². The van der Waals surface area contributed by atoms with Crippen molar-refractivity contribution in [1.82, 2.24) is 24.8 Å². The third-order valence-corrected chi connectivity index (χ3v) is 4.96. The zero-order valence-electron chi connectivity index (χ0n) is 15.6. The van der Waals surface area contributed by atoms with Gasteiger partial charge in [-0.15, -0.1) is 0 Å². The number of hydrogen-bond acceptors (Lipinski definition) is 5. The summed E-state index contributed by atoms with van der Waals surface area (Å²) in [7, 11) is 0. The summed E-state index contributed by atoms with van der Waals surface area (Å²) in [4.78, 5) is 29.3. The van der Waals surface area contributed by atoms with Crippen LogP contribution in [0.5, 0.6) is 0 Å². The molecule has 2 aromatic heterocycles. The van der Waals surface area contributed by atoms with Gasteiger partial charge in [-0.1, -0.05) is 6.07 Å². The number of likely N-dealkylation sites (tertiary alicyclic amines) is 1. The van der Waals surface area contributed by atoms with Gasteiger partial charge in [0.25, 0.3) is 0 Å². The third kappa shape index (κ3) is 5.08. The van der Waals surface area contributed by atoms with E-state index in [2.05, 4.69) is 38.9 Å². The van der Waals surface area contributed by atoms with E-state index in [4.69, 9.17) is 0 Å². The average Bonchev–Trinajstić information content (AvgIpc) is 2.88. The monoisotopic (exact) mass is 353 g/mol. The Bertz CT molecular complexity index is 704. The Hall–Kier alpha value is -2.34. The molecule has 26 heavy (non-hydrogen) atoms. The number of carbonyl (C=O) groups is 1. The number of carbonyl (C=O) groups excluding carboxylic acids is 1. The van der Waals surface area contributed by atoms with Crippen molar-refractivity contribution in [3.63, 3.8) is 0 Å². The molecular formula is C20H27N5O. The van der Waals surface area contributed by atoms with Gasteiger partial charge in [0.2, 0.25) is 5.91 Å². The summed E-state index contributed by atoms with van der Waals surface area (Å²) in [5.41, 5.74) is 3.28. The van der Waals surface area contributed by atoms with Crippen molar-refractivity contribution in [2.45, 2.75) is 52.2 Å². The first-order valence-corrected chi connectivity index (χ1v) is 9.27. The molecule has 1 aliphatic rings. The molecule has 6 nitrogen and oxygen atoms in total. The SMILES string of the molecule is CC(=O)N(Cc1cncnc1)[C@H]1CCCN(Cc2ccc(C)cn2)CC1. The van der Waals surface area contributed by atoms with Gasteiger partial charge in [-0.25, -0.2) is 9.97 Å². The summed E-state index contributed by atoms with van der Waals surface area (Å²) in [5, 5.41) is 0. The van der Waals surface area contributed by atoms with Crippen LogP contribution in [0.25, 0.3) is 0 Å². The van der Waals surface area contributed by atoms with Crippen LogP contribution in [0.2, 0.25) is 0 Å². The normalized spacial score (nSPS) is 18.3. The van der Waals surface area contributed by atoms with Crippen LogP contribution in [0.1, 0.15) is 43.0 Å². The van der Waals surface area contributed by atoms with Gasteiger partial charge in [0.1, 0.15) is 6.33 Å². The molecule has 0 saturated carbocycles. The molecule has 0 bridgehead atoms. The van der Waals surface area contributed by atoms with Crippen molar-refractivity contribution in [3.05, 3.63) is 53.9 Å². The van der Waals surface area contributed by atoms with Gasteiger partial charge in [0, 0.05) is 56.8 Å². The fraction of sp³-hybridized carbons (Fsp3) is 0.500. The fourth-order valence-corrected chi connectivity index (χ4v) is 3.53. The molecule has 0 aliphatic carbocycles. The van der Waals surface area contributed by atoms with E-state index >= 15 is 0 Å². The Morgan fingerprint density at radius 2 is 2.00 bits per heavy atom. The molecule has 1 fully saturated rings. The van der Waals surface area contributed by atoms with Gasteiger partial charge < -0.3 is 4.90 Å². The number of aromatic nitrogens is 3. The number of rotatable bonds is 5. The van der Waals surface area contributed by atoms with Gasteiger partial charge in [-0.3, -0.25) is 14.7 Å². The lowest BCUT2D eigenvalue weighted by Gasteiger charge is -2.30. The van der Waals surface area contributed by atoms with Crippen LogP contribution in [0, 0.1) is 6.92 Å². The van der Waals surface area contributed by atoms with Crippen LogP contribution in [0.15, 0.2) is 37.1 Å². The largest absolute Gasteiger partial charge is 0.335 e. The van der Waals surface area contributed by atoms with Crippen LogP contribution in [-0.4, -0.2) is 49.8 Å². The Morgan fingerprint density at radius 1 is 1.19 bits per heavy atom. The number of pyridine rings is 1. The molecule has 0 aromatic carbocycles. The van der Waals surface area contributed by atoms with Crippen LogP contribution < -0.4 is 0 Å². The summed E-state index contributed by atoms with van der Waals surface area (Å²) in [6.07, 6.45) is 10.1. The highest BCUT2D eigenvalue weighted by molar-refractivity contribution is 5.73. The third-order valence-electron chi connectivity index (χ3n) is 4.96. The Labute approximate surface area is 155 Å². The molecular weight excluding hydrogens is 326 g/mol. The first-order valence-electron chi connectivity index (χ1n) is 9.27. The highest BCUT2D eigenvalue weighted by atomic mass is 16.2. The van der Waals surface area contributed by atoms with Crippen LogP contribution >= 0.6 is 0 Å². The summed E-state index contributed by atoms with van der Waals surface area (Å²) >= 11 is 0. The maximum Gasteiger partial charge on any atom is 0.219 e. The number of hydrogen-bond donors (Lipinski definition) is 0. The maximum atomic E-state index is 12.2. The lowest BCUT2D eigenvalue weighted by Crippen LogP contribution is -2.39. The number of aryl methyl sites for hydroxylation is 1. The zero-order valence-corrected chi connectivity index (χ0v) is 15.6. The van der Waals surface area contributed by atoms with E-state index in [-0.39, 0.29) is 11.9 Å². The van der Waals surface area contributed by atoms with Crippen LogP contribution in [0.4, 0.5) is 0 Å². The predicted octanol–water partition coefficient (Wildman–Crippen LogP) is 2.58. The lowest BCUT2D eigenvalue weighted by atomic mass is 10.1. The second-order valence-electron chi connectivity index (χ2n) is 7.08. The molecule has 0 unspecified atom stereocenters.